The van der Waals surface area contributed by atoms with Crippen LogP contribution in [0.3, 0.4) is 0 Å². The van der Waals surface area contributed by atoms with Crippen molar-refractivity contribution in [1.82, 2.24) is 15.5 Å². The summed E-state index contributed by atoms with van der Waals surface area (Å²) in [7, 11) is 0. The van der Waals surface area contributed by atoms with E-state index in [4.69, 9.17) is 0 Å². The van der Waals surface area contributed by atoms with Crippen LogP contribution in [0.5, 0.6) is 0 Å². The number of amides is 1. The molecular formula is C20H19N3OS. The number of rotatable bonds is 6. The molecule has 0 aliphatic heterocycles. The van der Waals surface area contributed by atoms with E-state index in [-0.39, 0.29) is 11.9 Å². The van der Waals surface area contributed by atoms with Gasteiger partial charge < -0.3 is 5.32 Å². The molecule has 0 fully saturated rings. The fourth-order valence-corrected chi connectivity index (χ4v) is 3.03. The van der Waals surface area contributed by atoms with Crippen LogP contribution in [-0.2, 0) is 4.79 Å². The van der Waals surface area contributed by atoms with Crippen molar-refractivity contribution in [2.45, 2.75) is 18.0 Å². The SMILES string of the molecule is C[C@@H](NC(=O)CSc1ccc(-c2ccccc2)nn1)c1ccccc1. The van der Waals surface area contributed by atoms with E-state index in [2.05, 4.69) is 15.5 Å². The molecule has 0 bridgehead atoms. The summed E-state index contributed by atoms with van der Waals surface area (Å²) in [6.07, 6.45) is 0. The van der Waals surface area contributed by atoms with Crippen LogP contribution in [0, 0.1) is 0 Å². The molecule has 0 saturated heterocycles. The lowest BCUT2D eigenvalue weighted by Crippen LogP contribution is -2.28. The zero-order chi connectivity index (χ0) is 17.5. The Morgan fingerprint density at radius 3 is 2.28 bits per heavy atom. The Balaban J connectivity index is 1.52. The minimum Gasteiger partial charge on any atom is -0.349 e. The molecule has 5 heteroatoms. The van der Waals surface area contributed by atoms with Gasteiger partial charge in [-0.3, -0.25) is 4.79 Å². The van der Waals surface area contributed by atoms with Gasteiger partial charge in [0.1, 0.15) is 5.03 Å². The van der Waals surface area contributed by atoms with Gasteiger partial charge in [0.15, 0.2) is 0 Å². The molecule has 3 rings (SSSR count). The van der Waals surface area contributed by atoms with Crippen LogP contribution in [0.2, 0.25) is 0 Å². The summed E-state index contributed by atoms with van der Waals surface area (Å²) in [5.41, 5.74) is 2.95. The van der Waals surface area contributed by atoms with Gasteiger partial charge in [-0.25, -0.2) is 0 Å². The summed E-state index contributed by atoms with van der Waals surface area (Å²) in [4.78, 5) is 12.1. The molecule has 0 aliphatic rings. The van der Waals surface area contributed by atoms with Crippen molar-refractivity contribution < 1.29 is 4.79 Å². The van der Waals surface area contributed by atoms with Gasteiger partial charge in [-0.05, 0) is 24.6 Å². The molecule has 0 radical (unpaired) electrons. The van der Waals surface area contributed by atoms with Crippen LogP contribution in [-0.4, -0.2) is 21.9 Å². The molecule has 0 spiro atoms. The second-order valence-electron chi connectivity index (χ2n) is 5.61. The lowest BCUT2D eigenvalue weighted by Gasteiger charge is -2.13. The van der Waals surface area contributed by atoms with E-state index in [1.807, 2.05) is 79.7 Å². The Kier molecular flexibility index (Phi) is 5.80. The third kappa shape index (κ3) is 4.90. The smallest absolute Gasteiger partial charge is 0.230 e. The van der Waals surface area contributed by atoms with Crippen molar-refractivity contribution in [2.24, 2.45) is 0 Å². The summed E-state index contributed by atoms with van der Waals surface area (Å²) >= 11 is 1.38. The van der Waals surface area contributed by atoms with Gasteiger partial charge in [-0.15, -0.1) is 10.2 Å². The number of carbonyl (C=O) groups excluding carboxylic acids is 1. The maximum absolute atomic E-state index is 12.1. The number of aromatic nitrogens is 2. The van der Waals surface area contributed by atoms with Gasteiger partial charge in [0.25, 0.3) is 0 Å². The fourth-order valence-electron chi connectivity index (χ4n) is 2.41. The molecule has 0 saturated carbocycles. The van der Waals surface area contributed by atoms with Crippen molar-refractivity contribution in [2.75, 3.05) is 5.75 Å². The Morgan fingerprint density at radius 1 is 0.960 bits per heavy atom. The molecule has 3 aromatic rings. The van der Waals surface area contributed by atoms with E-state index >= 15 is 0 Å². The zero-order valence-electron chi connectivity index (χ0n) is 13.9. The molecular weight excluding hydrogens is 330 g/mol. The monoisotopic (exact) mass is 349 g/mol. The van der Waals surface area contributed by atoms with Gasteiger partial charge in [0.2, 0.25) is 5.91 Å². The number of hydrogen-bond acceptors (Lipinski definition) is 4. The van der Waals surface area contributed by atoms with Crippen LogP contribution in [0.25, 0.3) is 11.3 Å². The Bertz CT molecular complexity index is 807. The maximum Gasteiger partial charge on any atom is 0.230 e. The van der Waals surface area contributed by atoms with E-state index in [0.717, 1.165) is 21.8 Å². The summed E-state index contributed by atoms with van der Waals surface area (Å²) in [6, 6.07) is 23.6. The fraction of sp³-hybridized carbons (Fsp3) is 0.150. The number of benzene rings is 2. The summed E-state index contributed by atoms with van der Waals surface area (Å²) in [5, 5.41) is 12.2. The third-order valence-corrected chi connectivity index (χ3v) is 4.66. The quantitative estimate of drug-likeness (QED) is 0.680. The van der Waals surface area contributed by atoms with E-state index in [1.54, 1.807) is 0 Å². The largest absolute Gasteiger partial charge is 0.349 e. The molecule has 4 nitrogen and oxygen atoms in total. The van der Waals surface area contributed by atoms with Crippen LogP contribution in [0.15, 0.2) is 77.8 Å². The standard InChI is InChI=1S/C20H19N3OS/c1-15(16-8-4-2-5-9-16)21-19(24)14-25-20-13-12-18(22-23-20)17-10-6-3-7-11-17/h2-13,15H,14H2,1H3,(H,21,24)/t15-/m1/s1. The van der Waals surface area contributed by atoms with Gasteiger partial charge in [0, 0.05) is 5.56 Å². The molecule has 1 heterocycles. The Labute approximate surface area is 151 Å². The predicted octanol–water partition coefficient (Wildman–Crippen LogP) is 4.11. The van der Waals surface area contributed by atoms with Crippen molar-refractivity contribution >= 4 is 17.7 Å². The first-order valence-corrected chi connectivity index (χ1v) is 9.07. The molecule has 0 unspecified atom stereocenters. The number of thioether (sulfide) groups is 1. The van der Waals surface area contributed by atoms with Gasteiger partial charge >= 0.3 is 0 Å². The minimum atomic E-state index is -0.0183. The van der Waals surface area contributed by atoms with Crippen LogP contribution in [0.4, 0.5) is 0 Å². The van der Waals surface area contributed by atoms with Crippen molar-refractivity contribution in [3.8, 4) is 11.3 Å². The first-order chi connectivity index (χ1) is 12.2. The molecule has 2 aromatic carbocycles. The van der Waals surface area contributed by atoms with Crippen molar-refractivity contribution in [3.63, 3.8) is 0 Å². The lowest BCUT2D eigenvalue weighted by molar-refractivity contribution is -0.119. The highest BCUT2D eigenvalue weighted by atomic mass is 32.2. The average Bonchev–Trinajstić information content (AvgIpc) is 2.68. The first kappa shape index (κ1) is 17.2. The minimum absolute atomic E-state index is 0.0131. The van der Waals surface area contributed by atoms with Crippen molar-refractivity contribution in [1.29, 1.82) is 0 Å². The normalized spacial score (nSPS) is 11.7. The number of nitrogens with one attached hydrogen (secondary N) is 1. The zero-order valence-corrected chi connectivity index (χ0v) is 14.7. The highest BCUT2D eigenvalue weighted by molar-refractivity contribution is 7.99. The Hall–Kier alpha value is -2.66. The summed E-state index contributed by atoms with van der Waals surface area (Å²) in [5.74, 6) is 0.298. The second kappa shape index (κ2) is 8.44. The van der Waals surface area contributed by atoms with Gasteiger partial charge in [0.05, 0.1) is 17.5 Å². The van der Waals surface area contributed by atoms with Crippen LogP contribution < -0.4 is 5.32 Å². The maximum atomic E-state index is 12.1. The first-order valence-electron chi connectivity index (χ1n) is 8.08. The summed E-state index contributed by atoms with van der Waals surface area (Å²) in [6.45, 7) is 1.98. The third-order valence-electron chi connectivity index (χ3n) is 3.74. The van der Waals surface area contributed by atoms with Crippen LogP contribution >= 0.6 is 11.8 Å². The molecule has 126 valence electrons. The molecule has 1 atom stereocenters. The molecule has 25 heavy (non-hydrogen) atoms. The Morgan fingerprint density at radius 2 is 1.64 bits per heavy atom. The molecule has 1 N–H and O–H groups in total. The van der Waals surface area contributed by atoms with Gasteiger partial charge in [-0.2, -0.15) is 0 Å². The number of nitrogens with zero attached hydrogens (tertiary/aromatic N) is 2. The van der Waals surface area contributed by atoms with E-state index in [1.165, 1.54) is 11.8 Å². The van der Waals surface area contributed by atoms with Crippen molar-refractivity contribution in [3.05, 3.63) is 78.4 Å². The van der Waals surface area contributed by atoms with Crippen LogP contribution in [0.1, 0.15) is 18.5 Å². The van der Waals surface area contributed by atoms with E-state index in [9.17, 15) is 4.79 Å². The molecule has 1 amide bonds. The lowest BCUT2D eigenvalue weighted by atomic mass is 10.1. The van der Waals surface area contributed by atoms with E-state index < -0.39 is 0 Å². The molecule has 0 aliphatic carbocycles. The molecule has 1 aromatic heterocycles. The van der Waals surface area contributed by atoms with E-state index in [0.29, 0.717) is 5.75 Å². The predicted molar refractivity (Wildman–Crippen MR) is 101 cm³/mol. The number of carbonyl (C=O) groups is 1. The average molecular weight is 349 g/mol. The summed E-state index contributed by atoms with van der Waals surface area (Å²) < 4.78 is 0. The topological polar surface area (TPSA) is 54.9 Å². The number of hydrogen-bond donors (Lipinski definition) is 1. The second-order valence-corrected chi connectivity index (χ2v) is 6.61. The van der Waals surface area contributed by atoms with Gasteiger partial charge in [-0.1, -0.05) is 72.4 Å². The highest BCUT2D eigenvalue weighted by Gasteiger charge is 2.10. The highest BCUT2D eigenvalue weighted by Crippen LogP contribution is 2.19.